The molecule has 0 saturated heterocycles. The van der Waals surface area contributed by atoms with E-state index in [0.717, 1.165) is 44.1 Å². The van der Waals surface area contributed by atoms with Crippen LogP contribution in [0.5, 0.6) is 0 Å². The van der Waals surface area contributed by atoms with Crippen LogP contribution in [-0.2, 0) is 19.1 Å². The fourth-order valence-electron chi connectivity index (χ4n) is 11.2. The fraction of sp³-hybridized carbons (Fsp3) is 0.800. The third-order valence-corrected chi connectivity index (χ3v) is 13.4. The molecular weight excluding hydrogens is 500 g/mol. The number of aliphatic carboxylic acids is 1. The number of carbonyl (C=O) groups is 3. The summed E-state index contributed by atoms with van der Waals surface area (Å²) in [7, 11) is 0. The summed E-state index contributed by atoms with van der Waals surface area (Å²) in [6, 6.07) is 0. The first kappa shape index (κ1) is 29.6. The average molecular weight is 553 g/mol. The van der Waals surface area contributed by atoms with Crippen molar-refractivity contribution in [2.45, 2.75) is 126 Å². The summed E-state index contributed by atoms with van der Waals surface area (Å²) in [6.07, 6.45) is 10.6. The molecule has 0 aliphatic heterocycles. The molecule has 5 rings (SSSR count). The molecule has 4 fully saturated rings. The number of ether oxygens (including phenoxy) is 1. The van der Waals surface area contributed by atoms with E-state index in [1.165, 1.54) is 11.6 Å². The van der Waals surface area contributed by atoms with Crippen molar-refractivity contribution in [3.8, 4) is 0 Å². The number of fused-ring (bicyclic) bond motifs is 7. The number of carboxylic acids is 1. The highest BCUT2D eigenvalue weighted by atomic mass is 16.5. The lowest BCUT2D eigenvalue weighted by Crippen LogP contribution is -2.66. The third kappa shape index (κ3) is 3.87. The van der Waals surface area contributed by atoms with E-state index < -0.39 is 23.5 Å². The third-order valence-electron chi connectivity index (χ3n) is 13.4. The van der Waals surface area contributed by atoms with Crippen molar-refractivity contribution in [1.82, 2.24) is 0 Å². The Kier molecular flexibility index (Phi) is 6.69. The predicted octanol–water partition coefficient (Wildman–Crippen LogP) is 7.93. The topological polar surface area (TPSA) is 80.7 Å². The highest BCUT2D eigenvalue weighted by Gasteiger charge is 2.71. The molecule has 0 aromatic carbocycles. The van der Waals surface area contributed by atoms with Gasteiger partial charge in [0.05, 0.1) is 0 Å². The molecule has 0 spiro atoms. The Hall–Kier alpha value is -1.91. The van der Waals surface area contributed by atoms with E-state index in [9.17, 15) is 19.5 Å². The van der Waals surface area contributed by atoms with Gasteiger partial charge < -0.3 is 9.84 Å². The van der Waals surface area contributed by atoms with Gasteiger partial charge in [0.25, 0.3) is 0 Å². The van der Waals surface area contributed by atoms with Gasteiger partial charge in [0.15, 0.2) is 0 Å². The van der Waals surface area contributed by atoms with Crippen LogP contribution < -0.4 is 0 Å². The molecule has 3 unspecified atom stereocenters. The largest absolute Gasteiger partial charge is 0.481 e. The molecule has 5 heteroatoms. The Morgan fingerprint density at radius 3 is 2.25 bits per heavy atom. The summed E-state index contributed by atoms with van der Waals surface area (Å²) in [4.78, 5) is 39.2. The maximum Gasteiger partial charge on any atom is 0.330 e. The Labute approximate surface area is 241 Å². The lowest BCUT2D eigenvalue weighted by Gasteiger charge is -2.70. The molecule has 222 valence electrons. The zero-order valence-electron chi connectivity index (χ0n) is 26.4. The van der Waals surface area contributed by atoms with Gasteiger partial charge in [-0.15, -0.1) is 0 Å². The summed E-state index contributed by atoms with van der Waals surface area (Å²) in [5.74, 6) is -0.155. The van der Waals surface area contributed by atoms with E-state index in [-0.39, 0.29) is 33.0 Å². The number of allylic oxidation sites excluding steroid dienone is 3. The molecule has 0 aromatic rings. The van der Waals surface area contributed by atoms with Gasteiger partial charge in [0.2, 0.25) is 0 Å². The number of hydrogen-bond acceptors (Lipinski definition) is 4. The smallest absolute Gasteiger partial charge is 0.330 e. The number of hydrogen-bond donors (Lipinski definition) is 1. The molecule has 5 aliphatic rings. The van der Waals surface area contributed by atoms with Crippen LogP contribution >= 0.6 is 0 Å². The summed E-state index contributed by atoms with van der Waals surface area (Å²) >= 11 is 0. The predicted molar refractivity (Wildman–Crippen MR) is 156 cm³/mol. The van der Waals surface area contributed by atoms with Crippen LogP contribution in [0.2, 0.25) is 0 Å². The normalized spacial score (nSPS) is 45.0. The van der Waals surface area contributed by atoms with E-state index >= 15 is 0 Å². The minimum atomic E-state index is -1.10. The monoisotopic (exact) mass is 552 g/mol. The molecule has 8 atom stereocenters. The fourth-order valence-corrected chi connectivity index (χ4v) is 11.2. The van der Waals surface area contributed by atoms with Crippen molar-refractivity contribution >= 4 is 17.7 Å². The number of carbonyl (C=O) groups excluding carboxylic acids is 2. The minimum absolute atomic E-state index is 0.0271. The lowest BCUT2D eigenvalue weighted by molar-refractivity contribution is -0.205. The zero-order chi connectivity index (χ0) is 29.7. The van der Waals surface area contributed by atoms with Gasteiger partial charge in [-0.1, -0.05) is 65.7 Å². The quantitative estimate of drug-likeness (QED) is 0.218. The molecule has 1 N–H and O–H groups in total. The van der Waals surface area contributed by atoms with Crippen molar-refractivity contribution in [2.75, 3.05) is 0 Å². The second-order valence-corrected chi connectivity index (χ2v) is 16.6. The van der Waals surface area contributed by atoms with Gasteiger partial charge in [0, 0.05) is 23.8 Å². The summed E-state index contributed by atoms with van der Waals surface area (Å²) in [5, 5.41) is 10.9. The van der Waals surface area contributed by atoms with Gasteiger partial charge >= 0.3 is 11.9 Å². The Morgan fingerprint density at radius 2 is 1.62 bits per heavy atom. The summed E-state index contributed by atoms with van der Waals surface area (Å²) in [5.41, 5.74) is 0.612. The van der Waals surface area contributed by atoms with Crippen LogP contribution in [0.1, 0.15) is 120 Å². The highest BCUT2D eigenvalue weighted by molar-refractivity contribution is 5.86. The van der Waals surface area contributed by atoms with E-state index in [2.05, 4.69) is 54.5 Å². The number of rotatable bonds is 3. The Morgan fingerprint density at radius 1 is 0.950 bits per heavy atom. The molecule has 0 amide bonds. The van der Waals surface area contributed by atoms with Crippen molar-refractivity contribution in [3.63, 3.8) is 0 Å². The number of esters is 1. The van der Waals surface area contributed by atoms with E-state index in [0.29, 0.717) is 36.9 Å². The second kappa shape index (κ2) is 9.04. The molecular formula is C35H52O5. The van der Waals surface area contributed by atoms with Gasteiger partial charge in [-0.25, -0.2) is 4.79 Å². The first-order valence-electron chi connectivity index (χ1n) is 15.7. The standard InChI is InChI=1S/C35H52O5/c1-21(2)18-28(37)40-27-20-30(3,4)19-23-22-10-11-25-32(7)14-13-26(36)31(5,6)24(32)12-15-34(25,9)33(22,8)16-17-35(23,27)29(38)39/h10,18,23-25,27H,11-17,19-20H2,1-9H3,(H,38,39)/t23-,24?,25?,27+,32-,33?,34+,35-/m0/s1. The van der Waals surface area contributed by atoms with Gasteiger partial charge in [0.1, 0.15) is 17.3 Å². The van der Waals surface area contributed by atoms with Crippen LogP contribution in [-0.4, -0.2) is 28.9 Å². The highest BCUT2D eigenvalue weighted by Crippen LogP contribution is 2.75. The van der Waals surface area contributed by atoms with Crippen molar-refractivity contribution in [2.24, 2.45) is 50.2 Å². The zero-order valence-corrected chi connectivity index (χ0v) is 26.4. The SMILES string of the molecule is CC(C)=CC(=O)O[C@@H]1CC(C)(C)C[C@H]2C3=CCC4[C@@]5(C)CCC(=O)C(C)(C)C5CC[C@@]4(C)C3(C)CC[C@@]12C(=O)O. The van der Waals surface area contributed by atoms with Crippen LogP contribution in [0, 0.1) is 50.2 Å². The molecule has 0 bridgehead atoms. The molecule has 0 heterocycles. The number of carboxylic acid groups (broad SMARTS) is 1. The number of ketones is 1. The molecule has 4 saturated carbocycles. The van der Waals surface area contributed by atoms with Crippen LogP contribution in [0.15, 0.2) is 23.3 Å². The van der Waals surface area contributed by atoms with Crippen molar-refractivity contribution < 1.29 is 24.2 Å². The molecule has 5 nitrogen and oxygen atoms in total. The molecule has 0 aromatic heterocycles. The summed E-state index contributed by atoms with van der Waals surface area (Å²) < 4.78 is 6.08. The van der Waals surface area contributed by atoms with Gasteiger partial charge in [-0.3, -0.25) is 9.59 Å². The molecule has 5 aliphatic carbocycles. The van der Waals surface area contributed by atoms with Crippen LogP contribution in [0.25, 0.3) is 0 Å². The van der Waals surface area contributed by atoms with Crippen LogP contribution in [0.3, 0.4) is 0 Å². The lowest BCUT2D eigenvalue weighted by atomic mass is 9.33. The molecule has 0 radical (unpaired) electrons. The Bertz CT molecular complexity index is 1190. The maximum atomic E-state index is 13.4. The first-order valence-corrected chi connectivity index (χ1v) is 15.7. The van der Waals surface area contributed by atoms with E-state index in [1.54, 1.807) is 0 Å². The number of Topliss-reactive ketones (excluding diaryl/α,β-unsaturated/α-hetero) is 1. The van der Waals surface area contributed by atoms with Crippen molar-refractivity contribution in [3.05, 3.63) is 23.3 Å². The first-order chi connectivity index (χ1) is 18.3. The van der Waals surface area contributed by atoms with Gasteiger partial charge in [-0.05, 0) is 98.7 Å². The average Bonchev–Trinajstić information content (AvgIpc) is 2.81. The second-order valence-electron chi connectivity index (χ2n) is 16.6. The van der Waals surface area contributed by atoms with E-state index in [1.807, 2.05) is 13.8 Å². The molecule has 40 heavy (non-hydrogen) atoms. The minimum Gasteiger partial charge on any atom is -0.481 e. The van der Waals surface area contributed by atoms with Gasteiger partial charge in [-0.2, -0.15) is 0 Å². The van der Waals surface area contributed by atoms with Crippen molar-refractivity contribution in [1.29, 1.82) is 0 Å². The Balaban J connectivity index is 1.60. The van der Waals surface area contributed by atoms with E-state index in [4.69, 9.17) is 4.74 Å². The maximum absolute atomic E-state index is 13.4. The van der Waals surface area contributed by atoms with Crippen LogP contribution in [0.4, 0.5) is 0 Å². The summed E-state index contributed by atoms with van der Waals surface area (Å²) in [6.45, 7) is 19.8.